The predicted octanol–water partition coefficient (Wildman–Crippen LogP) is 0.0735. The molecule has 24 heavy (non-hydrogen) atoms. The zero-order valence-corrected chi connectivity index (χ0v) is 16.0. The lowest BCUT2D eigenvalue weighted by Crippen LogP contribution is -3.00. The van der Waals surface area contributed by atoms with E-state index in [2.05, 4.69) is 13.8 Å². The van der Waals surface area contributed by atoms with Crippen LogP contribution in [0, 0.1) is 6.92 Å². The second kappa shape index (κ2) is 7.43. The highest BCUT2D eigenvalue weighted by Crippen LogP contribution is 2.27. The third-order valence-corrected chi connectivity index (χ3v) is 4.57. The molecule has 0 fully saturated rings. The standard InChI is InChI=1S/C19H23N2O2.BrH/c1-4-6-12-21-13(3)20(11-5-2)16-17(21)19(23)15-10-8-7-9-14(15)18(16)22;/h7-10H,4-6,11-12H2,1-3H3;1H/q+1;/p-1. The Kier molecular flexibility index (Phi) is 5.75. The molecule has 0 amide bonds. The maximum atomic E-state index is 13.0. The lowest BCUT2D eigenvalue weighted by atomic mass is 9.90. The Balaban J connectivity index is 0.00000208. The van der Waals surface area contributed by atoms with Gasteiger partial charge in [0.2, 0.25) is 23.0 Å². The maximum absolute atomic E-state index is 13.0. The molecule has 0 saturated heterocycles. The predicted molar refractivity (Wildman–Crippen MR) is 87.9 cm³/mol. The molecule has 1 aromatic heterocycles. The van der Waals surface area contributed by atoms with Gasteiger partial charge in [-0.3, -0.25) is 9.59 Å². The molecule has 2 aromatic rings. The van der Waals surface area contributed by atoms with Crippen molar-refractivity contribution in [3.05, 3.63) is 52.6 Å². The molecule has 0 N–H and O–H groups in total. The minimum absolute atomic E-state index is 0. The molecular formula is C19H23BrN2O2. The van der Waals surface area contributed by atoms with Crippen molar-refractivity contribution in [3.8, 4) is 0 Å². The van der Waals surface area contributed by atoms with E-state index < -0.39 is 0 Å². The molecule has 1 heterocycles. The minimum atomic E-state index is -0.0259. The number of imidazole rings is 1. The summed E-state index contributed by atoms with van der Waals surface area (Å²) in [6.45, 7) is 7.77. The van der Waals surface area contributed by atoms with Crippen LogP contribution in [0.5, 0.6) is 0 Å². The third-order valence-electron chi connectivity index (χ3n) is 4.57. The lowest BCUT2D eigenvalue weighted by Gasteiger charge is -2.12. The van der Waals surface area contributed by atoms with Gasteiger partial charge in [0.1, 0.15) is 0 Å². The minimum Gasteiger partial charge on any atom is -1.00 e. The van der Waals surface area contributed by atoms with Gasteiger partial charge in [-0.2, -0.15) is 0 Å². The number of hydrogen-bond donors (Lipinski definition) is 0. The van der Waals surface area contributed by atoms with Crippen LogP contribution in [0.2, 0.25) is 0 Å². The summed E-state index contributed by atoms with van der Waals surface area (Å²) >= 11 is 0. The zero-order chi connectivity index (χ0) is 16.6. The topological polar surface area (TPSA) is 43.0 Å². The Morgan fingerprint density at radius 3 is 2.21 bits per heavy atom. The summed E-state index contributed by atoms with van der Waals surface area (Å²) in [6.07, 6.45) is 2.98. The number of rotatable bonds is 5. The SMILES string of the molecule is CCCCn1c2c([n+](CCC)c1C)C(=O)c1ccccc1C2=O.[Br-]. The summed E-state index contributed by atoms with van der Waals surface area (Å²) in [5.74, 6) is 0.950. The van der Waals surface area contributed by atoms with Gasteiger partial charge in [-0.05, 0) is 12.8 Å². The summed E-state index contributed by atoms with van der Waals surface area (Å²) < 4.78 is 4.08. The average molecular weight is 391 g/mol. The molecule has 0 atom stereocenters. The Morgan fingerprint density at radius 2 is 1.62 bits per heavy atom. The van der Waals surface area contributed by atoms with Crippen LogP contribution in [-0.4, -0.2) is 16.1 Å². The monoisotopic (exact) mass is 390 g/mol. The molecule has 128 valence electrons. The normalized spacial score (nSPS) is 12.6. The van der Waals surface area contributed by atoms with Gasteiger partial charge in [0.15, 0.2) is 0 Å². The highest BCUT2D eigenvalue weighted by Gasteiger charge is 2.42. The molecule has 0 spiro atoms. The number of nitrogens with zero attached hydrogens (tertiary/aromatic N) is 2. The van der Waals surface area contributed by atoms with Gasteiger partial charge in [-0.15, -0.1) is 0 Å². The summed E-state index contributed by atoms with van der Waals surface area (Å²) in [6, 6.07) is 7.16. The Morgan fingerprint density at radius 1 is 1.00 bits per heavy atom. The van der Waals surface area contributed by atoms with Crippen molar-refractivity contribution in [2.45, 2.75) is 53.1 Å². The molecule has 0 bridgehead atoms. The van der Waals surface area contributed by atoms with Crippen LogP contribution in [0.4, 0.5) is 0 Å². The van der Waals surface area contributed by atoms with E-state index in [1.54, 1.807) is 12.1 Å². The Bertz CT molecular complexity index is 793. The second-order valence-electron chi connectivity index (χ2n) is 6.11. The quantitative estimate of drug-likeness (QED) is 0.578. The highest BCUT2D eigenvalue weighted by molar-refractivity contribution is 6.26. The Hall–Kier alpha value is -1.75. The van der Waals surface area contributed by atoms with Gasteiger partial charge >= 0.3 is 0 Å². The van der Waals surface area contributed by atoms with Gasteiger partial charge in [0.25, 0.3) is 5.82 Å². The second-order valence-corrected chi connectivity index (χ2v) is 6.11. The zero-order valence-electron chi connectivity index (χ0n) is 14.4. The van der Waals surface area contributed by atoms with Crippen LogP contribution in [0.3, 0.4) is 0 Å². The van der Waals surface area contributed by atoms with Crippen molar-refractivity contribution in [2.24, 2.45) is 0 Å². The fraction of sp³-hybridized carbons (Fsp3) is 0.421. The number of hydrogen-bond acceptors (Lipinski definition) is 2. The first-order chi connectivity index (χ1) is 11.1. The van der Waals surface area contributed by atoms with Gasteiger partial charge < -0.3 is 17.0 Å². The maximum Gasteiger partial charge on any atom is 0.254 e. The number of halogens is 1. The smallest absolute Gasteiger partial charge is 0.254 e. The number of ketones is 2. The van der Waals surface area contributed by atoms with E-state index in [0.717, 1.165) is 38.2 Å². The first-order valence-corrected chi connectivity index (χ1v) is 8.43. The first-order valence-electron chi connectivity index (χ1n) is 8.43. The average Bonchev–Trinajstić information content (AvgIpc) is 2.84. The molecule has 1 aliphatic carbocycles. The largest absolute Gasteiger partial charge is 1.00 e. The Labute approximate surface area is 153 Å². The van der Waals surface area contributed by atoms with Crippen LogP contribution in [0.25, 0.3) is 0 Å². The van der Waals surface area contributed by atoms with E-state index in [1.165, 1.54) is 0 Å². The molecule has 1 aromatic carbocycles. The molecule has 0 unspecified atom stereocenters. The molecule has 1 aliphatic rings. The molecule has 3 rings (SSSR count). The lowest BCUT2D eigenvalue weighted by molar-refractivity contribution is -0.704. The van der Waals surface area contributed by atoms with Gasteiger partial charge in [0.05, 0.1) is 13.1 Å². The number of unbranched alkanes of at least 4 members (excludes halogenated alkanes) is 1. The number of fused-ring (bicyclic) bond motifs is 2. The van der Waals surface area contributed by atoms with Crippen molar-refractivity contribution in [1.82, 2.24) is 4.57 Å². The van der Waals surface area contributed by atoms with Crippen molar-refractivity contribution in [2.75, 3.05) is 0 Å². The van der Waals surface area contributed by atoms with Crippen LogP contribution in [0.15, 0.2) is 24.3 Å². The van der Waals surface area contributed by atoms with E-state index >= 15 is 0 Å². The van der Waals surface area contributed by atoms with Gasteiger partial charge in [-0.25, -0.2) is 9.13 Å². The van der Waals surface area contributed by atoms with E-state index in [-0.39, 0.29) is 28.5 Å². The fourth-order valence-corrected chi connectivity index (χ4v) is 3.41. The fourth-order valence-electron chi connectivity index (χ4n) is 3.41. The number of carbonyl (C=O) groups is 2. The molecule has 4 nitrogen and oxygen atoms in total. The van der Waals surface area contributed by atoms with Crippen molar-refractivity contribution >= 4 is 11.6 Å². The first kappa shape index (κ1) is 18.6. The highest BCUT2D eigenvalue weighted by atomic mass is 79.9. The van der Waals surface area contributed by atoms with Crippen LogP contribution in [-0.2, 0) is 13.1 Å². The molecule has 0 radical (unpaired) electrons. The molecular weight excluding hydrogens is 368 g/mol. The number of carbonyl (C=O) groups excluding carboxylic acids is 2. The van der Waals surface area contributed by atoms with E-state index in [9.17, 15) is 9.59 Å². The van der Waals surface area contributed by atoms with Crippen LogP contribution in [0.1, 0.15) is 71.0 Å². The van der Waals surface area contributed by atoms with Crippen LogP contribution >= 0.6 is 0 Å². The van der Waals surface area contributed by atoms with E-state index in [1.807, 2.05) is 28.2 Å². The summed E-state index contributed by atoms with van der Waals surface area (Å²) in [7, 11) is 0. The van der Waals surface area contributed by atoms with Crippen molar-refractivity contribution in [3.63, 3.8) is 0 Å². The summed E-state index contributed by atoms with van der Waals surface area (Å²) in [5, 5.41) is 0. The van der Waals surface area contributed by atoms with Crippen molar-refractivity contribution in [1.29, 1.82) is 0 Å². The van der Waals surface area contributed by atoms with Crippen LogP contribution < -0.4 is 21.5 Å². The molecule has 5 heteroatoms. The molecule has 0 saturated carbocycles. The number of aromatic nitrogens is 2. The molecule has 0 aliphatic heterocycles. The van der Waals surface area contributed by atoms with Crippen molar-refractivity contribution < 1.29 is 31.1 Å². The summed E-state index contributed by atoms with van der Waals surface area (Å²) in [5.41, 5.74) is 2.21. The summed E-state index contributed by atoms with van der Waals surface area (Å²) in [4.78, 5) is 26.0. The third kappa shape index (κ3) is 2.75. The van der Waals surface area contributed by atoms with E-state index in [4.69, 9.17) is 0 Å². The van der Waals surface area contributed by atoms with Gasteiger partial charge in [-0.1, -0.05) is 44.5 Å². The van der Waals surface area contributed by atoms with E-state index in [0.29, 0.717) is 22.5 Å². The number of benzene rings is 1. The van der Waals surface area contributed by atoms with Gasteiger partial charge in [0, 0.05) is 18.1 Å².